The van der Waals surface area contributed by atoms with Gasteiger partial charge in [0.25, 0.3) is 0 Å². The fourth-order valence-corrected chi connectivity index (χ4v) is 2.19. The quantitative estimate of drug-likeness (QED) is 0.627. The first-order valence-electron chi connectivity index (χ1n) is 5.98. The van der Waals surface area contributed by atoms with E-state index in [1.807, 2.05) is 20.8 Å². The molecule has 0 aromatic heterocycles. The van der Waals surface area contributed by atoms with Crippen molar-refractivity contribution < 1.29 is 22.6 Å². The number of methoxy groups -OCH3 is 1. The molecule has 0 amide bonds. The summed E-state index contributed by atoms with van der Waals surface area (Å²) in [6, 6.07) is 0. The summed E-state index contributed by atoms with van der Waals surface area (Å²) < 4.78 is 41.3. The Morgan fingerprint density at radius 1 is 1.17 bits per heavy atom. The molecule has 18 heavy (non-hydrogen) atoms. The minimum Gasteiger partial charge on any atom is -0.382 e. The van der Waals surface area contributed by atoms with Crippen molar-refractivity contribution in [3.8, 4) is 0 Å². The van der Waals surface area contributed by atoms with Crippen LogP contribution in [0.5, 0.6) is 0 Å². The number of hydrogen-bond acceptors (Lipinski definition) is 5. The lowest BCUT2D eigenvalue weighted by Crippen LogP contribution is -2.37. The third-order valence-corrected chi connectivity index (χ3v) is 3.59. The van der Waals surface area contributed by atoms with Gasteiger partial charge in [-0.3, -0.25) is 0 Å². The monoisotopic (exact) mass is 283 g/mol. The van der Waals surface area contributed by atoms with E-state index < -0.39 is 16.1 Å². The van der Waals surface area contributed by atoms with Gasteiger partial charge in [0, 0.05) is 7.11 Å². The standard InChI is InChI=1S/C11H25NO5S/c1-9(2)16-7-11(8-18(13,14)12-4)17-10(3)6-15-5/h9-12H,6-8H2,1-5H3/t10-,11-/m0/s1. The molecule has 110 valence electrons. The first kappa shape index (κ1) is 17.8. The minimum atomic E-state index is -3.32. The molecule has 0 saturated carbocycles. The van der Waals surface area contributed by atoms with Gasteiger partial charge in [-0.2, -0.15) is 0 Å². The van der Waals surface area contributed by atoms with Crippen LogP contribution < -0.4 is 4.72 Å². The highest BCUT2D eigenvalue weighted by atomic mass is 32.2. The van der Waals surface area contributed by atoms with Crippen molar-refractivity contribution in [2.75, 3.05) is 33.1 Å². The van der Waals surface area contributed by atoms with Crippen LogP contribution in [0.1, 0.15) is 20.8 Å². The van der Waals surface area contributed by atoms with Crippen LogP contribution in [0.2, 0.25) is 0 Å². The molecule has 0 radical (unpaired) electrons. The van der Waals surface area contributed by atoms with E-state index in [-0.39, 0.29) is 24.6 Å². The zero-order valence-electron chi connectivity index (χ0n) is 11.8. The predicted molar refractivity (Wildman–Crippen MR) is 70.1 cm³/mol. The maximum absolute atomic E-state index is 11.5. The van der Waals surface area contributed by atoms with Gasteiger partial charge < -0.3 is 14.2 Å². The summed E-state index contributed by atoms with van der Waals surface area (Å²) in [6.07, 6.45) is -0.649. The van der Waals surface area contributed by atoms with Crippen molar-refractivity contribution in [1.82, 2.24) is 4.72 Å². The van der Waals surface area contributed by atoms with Crippen LogP contribution in [-0.2, 0) is 24.2 Å². The molecule has 0 aliphatic heterocycles. The van der Waals surface area contributed by atoms with Crippen LogP contribution >= 0.6 is 0 Å². The van der Waals surface area contributed by atoms with Crippen LogP contribution in [0.4, 0.5) is 0 Å². The van der Waals surface area contributed by atoms with E-state index in [9.17, 15) is 8.42 Å². The molecule has 0 unspecified atom stereocenters. The first-order valence-corrected chi connectivity index (χ1v) is 7.63. The molecule has 0 aromatic carbocycles. The summed E-state index contributed by atoms with van der Waals surface area (Å²) in [5, 5.41) is 0. The average molecular weight is 283 g/mol. The van der Waals surface area contributed by atoms with E-state index >= 15 is 0 Å². The largest absolute Gasteiger partial charge is 0.382 e. The molecule has 0 rings (SSSR count). The van der Waals surface area contributed by atoms with Gasteiger partial charge in [-0.25, -0.2) is 13.1 Å². The summed E-state index contributed by atoms with van der Waals surface area (Å²) in [7, 11) is -0.367. The molecule has 6 nitrogen and oxygen atoms in total. The number of nitrogens with one attached hydrogen (secondary N) is 1. The second-order valence-corrected chi connectivity index (χ2v) is 6.36. The SMILES string of the molecule is CNS(=O)(=O)C[C@H](COC(C)C)O[C@@H](C)COC. The lowest BCUT2D eigenvalue weighted by atomic mass is 10.3. The third-order valence-electron chi connectivity index (χ3n) is 2.16. The highest BCUT2D eigenvalue weighted by Gasteiger charge is 2.21. The van der Waals surface area contributed by atoms with Crippen molar-refractivity contribution in [2.45, 2.75) is 39.1 Å². The van der Waals surface area contributed by atoms with Crippen LogP contribution in [0.3, 0.4) is 0 Å². The molecule has 0 spiro atoms. The van der Waals surface area contributed by atoms with Crippen LogP contribution in [0.15, 0.2) is 0 Å². The zero-order valence-corrected chi connectivity index (χ0v) is 12.6. The van der Waals surface area contributed by atoms with E-state index in [1.165, 1.54) is 7.05 Å². The van der Waals surface area contributed by atoms with Crippen molar-refractivity contribution >= 4 is 10.0 Å². The number of sulfonamides is 1. The van der Waals surface area contributed by atoms with Crippen molar-refractivity contribution in [2.24, 2.45) is 0 Å². The zero-order chi connectivity index (χ0) is 14.2. The predicted octanol–water partition coefficient (Wildman–Crippen LogP) is 0.381. The maximum Gasteiger partial charge on any atom is 0.213 e. The van der Waals surface area contributed by atoms with Gasteiger partial charge in [0.15, 0.2) is 0 Å². The Labute approximate surface area is 110 Å². The molecule has 0 heterocycles. The molecule has 0 aliphatic rings. The van der Waals surface area contributed by atoms with Crippen LogP contribution in [-0.4, -0.2) is 59.9 Å². The lowest BCUT2D eigenvalue weighted by Gasteiger charge is -2.22. The summed E-state index contributed by atoms with van der Waals surface area (Å²) >= 11 is 0. The average Bonchev–Trinajstić information content (AvgIpc) is 2.26. The van der Waals surface area contributed by atoms with Crippen molar-refractivity contribution in [3.05, 3.63) is 0 Å². The highest BCUT2D eigenvalue weighted by Crippen LogP contribution is 2.05. The molecular weight excluding hydrogens is 258 g/mol. The Kier molecular flexibility index (Phi) is 8.71. The van der Waals surface area contributed by atoms with Gasteiger partial charge in [0.05, 0.1) is 37.3 Å². The van der Waals surface area contributed by atoms with Gasteiger partial charge in [-0.1, -0.05) is 0 Å². The molecule has 2 atom stereocenters. The van der Waals surface area contributed by atoms with Gasteiger partial charge in [0.2, 0.25) is 10.0 Å². The lowest BCUT2D eigenvalue weighted by molar-refractivity contribution is -0.0725. The Morgan fingerprint density at radius 3 is 2.22 bits per heavy atom. The molecule has 1 N–H and O–H groups in total. The summed E-state index contributed by atoms with van der Waals surface area (Å²) in [5.74, 6) is -0.121. The van der Waals surface area contributed by atoms with Gasteiger partial charge in [-0.05, 0) is 27.8 Å². The number of ether oxygens (including phenoxy) is 3. The Balaban J connectivity index is 4.42. The minimum absolute atomic E-state index is 0.0334. The molecule has 7 heteroatoms. The molecule has 0 fully saturated rings. The molecule has 0 aromatic rings. The van der Waals surface area contributed by atoms with Gasteiger partial charge in [0.1, 0.15) is 0 Å². The molecule has 0 bridgehead atoms. The van der Waals surface area contributed by atoms with Gasteiger partial charge >= 0.3 is 0 Å². The Bertz CT molecular complexity index is 305. The smallest absolute Gasteiger partial charge is 0.213 e. The van der Waals surface area contributed by atoms with E-state index in [1.54, 1.807) is 7.11 Å². The Morgan fingerprint density at radius 2 is 1.78 bits per heavy atom. The Hall–Kier alpha value is -0.210. The fraction of sp³-hybridized carbons (Fsp3) is 1.00. The number of rotatable bonds is 10. The van der Waals surface area contributed by atoms with E-state index in [4.69, 9.17) is 14.2 Å². The van der Waals surface area contributed by atoms with Crippen molar-refractivity contribution in [3.63, 3.8) is 0 Å². The number of hydrogen-bond donors (Lipinski definition) is 1. The second-order valence-electron chi connectivity index (χ2n) is 4.39. The third kappa shape index (κ3) is 8.82. The van der Waals surface area contributed by atoms with E-state index in [2.05, 4.69) is 4.72 Å². The molecule has 0 saturated heterocycles. The summed E-state index contributed by atoms with van der Waals surface area (Å²) in [5.41, 5.74) is 0. The maximum atomic E-state index is 11.5. The molecular formula is C11H25NO5S. The normalized spacial score (nSPS) is 15.9. The summed E-state index contributed by atoms with van der Waals surface area (Å²) in [6.45, 7) is 6.27. The van der Waals surface area contributed by atoms with Crippen molar-refractivity contribution in [1.29, 1.82) is 0 Å². The first-order chi connectivity index (χ1) is 8.30. The highest BCUT2D eigenvalue weighted by molar-refractivity contribution is 7.89. The molecule has 0 aliphatic carbocycles. The van der Waals surface area contributed by atoms with Crippen LogP contribution in [0.25, 0.3) is 0 Å². The second kappa shape index (κ2) is 8.82. The van der Waals surface area contributed by atoms with E-state index in [0.29, 0.717) is 6.61 Å². The fourth-order valence-electron chi connectivity index (χ4n) is 1.36. The van der Waals surface area contributed by atoms with E-state index in [0.717, 1.165) is 0 Å². The van der Waals surface area contributed by atoms with Gasteiger partial charge in [-0.15, -0.1) is 0 Å². The summed E-state index contributed by atoms with van der Waals surface area (Å²) in [4.78, 5) is 0. The van der Waals surface area contributed by atoms with Crippen LogP contribution in [0, 0.1) is 0 Å². The topological polar surface area (TPSA) is 73.9 Å².